The van der Waals surface area contributed by atoms with Crippen molar-refractivity contribution >= 4 is 71.3 Å². The summed E-state index contributed by atoms with van der Waals surface area (Å²) in [6, 6.07) is 67.6. The lowest BCUT2D eigenvalue weighted by atomic mass is 9.96. The Hall–Kier alpha value is -6.64. The molecular formula is C48H31NO. The summed E-state index contributed by atoms with van der Waals surface area (Å²) in [7, 11) is 0. The number of nitrogens with zero attached hydrogens (tertiary/aromatic N) is 1. The second kappa shape index (κ2) is 11.5. The molecule has 0 aliphatic heterocycles. The summed E-state index contributed by atoms with van der Waals surface area (Å²) in [6.45, 7) is 0. The van der Waals surface area contributed by atoms with Crippen LogP contribution in [0.1, 0.15) is 0 Å². The first-order valence-corrected chi connectivity index (χ1v) is 17.1. The first-order chi connectivity index (χ1) is 24.8. The molecule has 0 atom stereocenters. The molecule has 9 aromatic carbocycles. The summed E-state index contributed by atoms with van der Waals surface area (Å²) < 4.78 is 6.36. The molecule has 0 aliphatic rings. The molecular weight excluding hydrogens is 607 g/mol. The highest BCUT2D eigenvalue weighted by atomic mass is 16.3. The Morgan fingerprint density at radius 3 is 1.78 bits per heavy atom. The largest absolute Gasteiger partial charge is 0.456 e. The number of para-hydroxylation sites is 2. The average molecular weight is 638 g/mol. The standard InChI is InChI=1S/C48H31NO/c1-3-15-37-32(12-1)14-11-21-38(37)33-24-27-36(28-25-33)49(46-30-34-13-2-4-16-39(34)41-18-5-6-19-42(41)46)45-22-9-7-17-40(45)35-26-29-44-43-20-8-10-23-47(43)50-48(44)31-35/h1-31H. The van der Waals surface area contributed by atoms with Crippen molar-refractivity contribution in [2.45, 2.75) is 0 Å². The van der Waals surface area contributed by atoms with Gasteiger partial charge in [0.05, 0.1) is 11.4 Å². The summed E-state index contributed by atoms with van der Waals surface area (Å²) in [5, 5.41) is 9.66. The van der Waals surface area contributed by atoms with E-state index in [2.05, 4.69) is 181 Å². The Bertz CT molecular complexity index is 2870. The highest BCUT2D eigenvalue weighted by Crippen LogP contribution is 2.46. The van der Waals surface area contributed by atoms with Gasteiger partial charge in [0.15, 0.2) is 0 Å². The maximum atomic E-state index is 6.36. The fourth-order valence-corrected chi connectivity index (χ4v) is 7.70. The molecule has 1 heterocycles. The average Bonchev–Trinajstić information content (AvgIpc) is 3.56. The monoisotopic (exact) mass is 637 g/mol. The van der Waals surface area contributed by atoms with Crippen LogP contribution in [0.3, 0.4) is 0 Å². The molecule has 0 saturated carbocycles. The van der Waals surface area contributed by atoms with Crippen LogP contribution < -0.4 is 4.90 Å². The van der Waals surface area contributed by atoms with E-state index in [1.54, 1.807) is 0 Å². The molecule has 0 radical (unpaired) electrons. The van der Waals surface area contributed by atoms with Crippen molar-refractivity contribution in [1.29, 1.82) is 0 Å². The maximum absolute atomic E-state index is 6.36. The molecule has 0 fully saturated rings. The lowest BCUT2D eigenvalue weighted by molar-refractivity contribution is 0.669. The van der Waals surface area contributed by atoms with Gasteiger partial charge in [-0.1, -0.05) is 146 Å². The minimum absolute atomic E-state index is 0.889. The van der Waals surface area contributed by atoms with E-state index in [-0.39, 0.29) is 0 Å². The lowest BCUT2D eigenvalue weighted by Gasteiger charge is -2.29. The van der Waals surface area contributed by atoms with E-state index in [0.29, 0.717) is 0 Å². The van der Waals surface area contributed by atoms with Crippen LogP contribution in [-0.4, -0.2) is 0 Å². The number of rotatable bonds is 5. The predicted molar refractivity (Wildman–Crippen MR) is 212 cm³/mol. The molecule has 2 heteroatoms. The molecule has 2 nitrogen and oxygen atoms in total. The zero-order valence-corrected chi connectivity index (χ0v) is 27.3. The van der Waals surface area contributed by atoms with E-state index in [9.17, 15) is 0 Å². The fourth-order valence-electron chi connectivity index (χ4n) is 7.70. The van der Waals surface area contributed by atoms with Gasteiger partial charge in [-0.3, -0.25) is 0 Å². The van der Waals surface area contributed by atoms with Gasteiger partial charge in [0, 0.05) is 27.4 Å². The molecule has 0 unspecified atom stereocenters. The molecule has 234 valence electrons. The van der Waals surface area contributed by atoms with Gasteiger partial charge in [0.1, 0.15) is 11.2 Å². The van der Waals surface area contributed by atoms with Crippen LogP contribution in [-0.2, 0) is 0 Å². The molecule has 10 rings (SSSR count). The third-order valence-electron chi connectivity index (χ3n) is 10.0. The Morgan fingerprint density at radius 1 is 0.320 bits per heavy atom. The van der Waals surface area contributed by atoms with Gasteiger partial charge in [-0.15, -0.1) is 0 Å². The molecule has 0 N–H and O–H groups in total. The molecule has 0 aliphatic carbocycles. The predicted octanol–water partition coefficient (Wildman–Crippen LogP) is 13.8. The van der Waals surface area contributed by atoms with E-state index in [1.807, 2.05) is 12.1 Å². The quantitative estimate of drug-likeness (QED) is 0.175. The fraction of sp³-hybridized carbons (Fsp3) is 0. The molecule has 0 bridgehead atoms. The smallest absolute Gasteiger partial charge is 0.136 e. The van der Waals surface area contributed by atoms with Crippen molar-refractivity contribution in [3.63, 3.8) is 0 Å². The van der Waals surface area contributed by atoms with E-state index in [1.165, 1.54) is 43.4 Å². The van der Waals surface area contributed by atoms with Crippen LogP contribution in [0.25, 0.3) is 76.5 Å². The number of hydrogen-bond donors (Lipinski definition) is 0. The van der Waals surface area contributed by atoms with Gasteiger partial charge in [-0.05, 0) is 86.1 Å². The van der Waals surface area contributed by atoms with Gasteiger partial charge >= 0.3 is 0 Å². The maximum Gasteiger partial charge on any atom is 0.136 e. The summed E-state index contributed by atoms with van der Waals surface area (Å²) in [6.07, 6.45) is 0. The molecule has 0 spiro atoms. The van der Waals surface area contributed by atoms with E-state index < -0.39 is 0 Å². The number of benzene rings is 9. The minimum atomic E-state index is 0.889. The van der Waals surface area contributed by atoms with Crippen LogP contribution in [0.4, 0.5) is 17.1 Å². The van der Waals surface area contributed by atoms with Crippen molar-refractivity contribution in [3.05, 3.63) is 188 Å². The topological polar surface area (TPSA) is 16.4 Å². The second-order valence-electron chi connectivity index (χ2n) is 12.9. The minimum Gasteiger partial charge on any atom is -0.456 e. The van der Waals surface area contributed by atoms with Crippen LogP contribution in [0, 0.1) is 0 Å². The summed E-state index contributed by atoms with van der Waals surface area (Å²) in [4.78, 5) is 2.43. The van der Waals surface area contributed by atoms with Crippen molar-refractivity contribution < 1.29 is 4.42 Å². The van der Waals surface area contributed by atoms with Gasteiger partial charge in [-0.25, -0.2) is 0 Å². The Balaban J connectivity index is 1.20. The summed E-state index contributed by atoms with van der Waals surface area (Å²) in [5.74, 6) is 0. The highest BCUT2D eigenvalue weighted by Gasteiger charge is 2.21. The first-order valence-electron chi connectivity index (χ1n) is 17.1. The summed E-state index contributed by atoms with van der Waals surface area (Å²) in [5.41, 5.74) is 9.78. The van der Waals surface area contributed by atoms with Crippen molar-refractivity contribution in [2.24, 2.45) is 0 Å². The Kier molecular flexibility index (Phi) is 6.53. The van der Waals surface area contributed by atoms with Crippen molar-refractivity contribution in [1.82, 2.24) is 0 Å². The van der Waals surface area contributed by atoms with Gasteiger partial charge in [0.2, 0.25) is 0 Å². The van der Waals surface area contributed by atoms with Crippen molar-refractivity contribution in [2.75, 3.05) is 4.90 Å². The van der Waals surface area contributed by atoms with Gasteiger partial charge in [0.25, 0.3) is 0 Å². The van der Waals surface area contributed by atoms with E-state index >= 15 is 0 Å². The van der Waals surface area contributed by atoms with Gasteiger partial charge < -0.3 is 9.32 Å². The van der Waals surface area contributed by atoms with Gasteiger partial charge in [-0.2, -0.15) is 0 Å². The van der Waals surface area contributed by atoms with Crippen LogP contribution in [0.5, 0.6) is 0 Å². The van der Waals surface area contributed by atoms with Crippen LogP contribution in [0.15, 0.2) is 192 Å². The van der Waals surface area contributed by atoms with Crippen LogP contribution >= 0.6 is 0 Å². The molecule has 50 heavy (non-hydrogen) atoms. The first kappa shape index (κ1) is 28.4. The lowest BCUT2D eigenvalue weighted by Crippen LogP contribution is -2.12. The van der Waals surface area contributed by atoms with E-state index in [4.69, 9.17) is 4.42 Å². The normalized spacial score (nSPS) is 11.6. The van der Waals surface area contributed by atoms with Crippen molar-refractivity contribution in [3.8, 4) is 22.3 Å². The number of hydrogen-bond acceptors (Lipinski definition) is 2. The SMILES string of the molecule is c1ccc(N(c2ccc(-c3cccc4ccccc34)cc2)c2cc3ccccc3c3ccccc23)c(-c2ccc3c(c2)oc2ccccc23)c1. The number of fused-ring (bicyclic) bond motifs is 7. The molecule has 1 aromatic heterocycles. The number of anilines is 3. The number of furan rings is 1. The zero-order valence-electron chi connectivity index (χ0n) is 27.3. The molecule has 0 saturated heterocycles. The van der Waals surface area contributed by atoms with E-state index in [0.717, 1.165) is 50.1 Å². The third-order valence-corrected chi connectivity index (χ3v) is 10.0. The molecule has 0 amide bonds. The summed E-state index contributed by atoms with van der Waals surface area (Å²) >= 11 is 0. The highest BCUT2D eigenvalue weighted by molar-refractivity contribution is 6.15. The van der Waals surface area contributed by atoms with Crippen LogP contribution in [0.2, 0.25) is 0 Å². The third kappa shape index (κ3) is 4.57. The molecule has 10 aromatic rings. The Labute approximate surface area is 290 Å². The zero-order chi connectivity index (χ0) is 33.0. The Morgan fingerprint density at radius 2 is 0.920 bits per heavy atom. The second-order valence-corrected chi connectivity index (χ2v) is 12.9.